The van der Waals surface area contributed by atoms with Gasteiger partial charge in [0.25, 0.3) is 5.89 Å². The van der Waals surface area contributed by atoms with Crippen molar-refractivity contribution in [3.63, 3.8) is 0 Å². The largest absolute Gasteiger partial charge is 0.505 e. The van der Waals surface area contributed by atoms with E-state index in [1.807, 2.05) is 0 Å². The highest BCUT2D eigenvalue weighted by Crippen LogP contribution is 2.32. The molecule has 1 aromatic carbocycles. The summed E-state index contributed by atoms with van der Waals surface area (Å²) in [6.45, 7) is 0. The van der Waals surface area contributed by atoms with Crippen LogP contribution in [0.5, 0.6) is 17.2 Å². The van der Waals surface area contributed by atoms with Gasteiger partial charge in [-0.25, -0.2) is 4.98 Å². The third-order valence-electron chi connectivity index (χ3n) is 2.85. The summed E-state index contributed by atoms with van der Waals surface area (Å²) in [6.07, 6.45) is 1.52. The summed E-state index contributed by atoms with van der Waals surface area (Å²) in [6, 6.07) is 7.77. The Morgan fingerprint density at radius 1 is 1.14 bits per heavy atom. The average molecular weight is 285 g/mol. The molecule has 106 valence electrons. The SMILES string of the molecule is COc1cc(-c2noc(-c3ncccc3O)n2)ccc1O. The van der Waals surface area contributed by atoms with E-state index in [1.165, 1.54) is 25.4 Å². The van der Waals surface area contributed by atoms with Crippen molar-refractivity contribution in [2.75, 3.05) is 7.11 Å². The maximum absolute atomic E-state index is 9.72. The first kappa shape index (κ1) is 12.9. The van der Waals surface area contributed by atoms with Gasteiger partial charge in [0.15, 0.2) is 17.2 Å². The first-order valence-corrected chi connectivity index (χ1v) is 6.04. The molecule has 0 atom stereocenters. The Kier molecular flexibility index (Phi) is 3.15. The van der Waals surface area contributed by atoms with Crippen LogP contribution >= 0.6 is 0 Å². The first-order valence-electron chi connectivity index (χ1n) is 6.04. The molecule has 2 aromatic heterocycles. The Bertz CT molecular complexity index is 785. The molecule has 3 aromatic rings. The van der Waals surface area contributed by atoms with Crippen LogP contribution in [0.3, 0.4) is 0 Å². The van der Waals surface area contributed by atoms with Crippen molar-refractivity contribution in [1.29, 1.82) is 0 Å². The van der Waals surface area contributed by atoms with Crippen molar-refractivity contribution in [3.05, 3.63) is 36.5 Å². The van der Waals surface area contributed by atoms with Crippen LogP contribution in [-0.2, 0) is 0 Å². The number of aromatic hydroxyl groups is 2. The standard InChI is InChI=1S/C14H11N3O4/c1-20-11-7-8(4-5-9(11)18)13-16-14(21-17-13)12-10(19)3-2-6-15-12/h2-7,18-19H,1H3. The molecule has 21 heavy (non-hydrogen) atoms. The second kappa shape index (κ2) is 5.12. The third kappa shape index (κ3) is 2.36. The molecule has 0 aliphatic carbocycles. The van der Waals surface area contributed by atoms with Gasteiger partial charge in [0.1, 0.15) is 5.75 Å². The summed E-state index contributed by atoms with van der Waals surface area (Å²) in [5.41, 5.74) is 0.817. The van der Waals surface area contributed by atoms with E-state index in [9.17, 15) is 10.2 Å². The Balaban J connectivity index is 2.01. The Morgan fingerprint density at radius 2 is 2.00 bits per heavy atom. The van der Waals surface area contributed by atoms with Gasteiger partial charge in [-0.15, -0.1) is 0 Å². The van der Waals surface area contributed by atoms with Crippen LogP contribution in [0.1, 0.15) is 0 Å². The van der Waals surface area contributed by atoms with E-state index in [2.05, 4.69) is 15.1 Å². The molecule has 0 unspecified atom stereocenters. The molecule has 2 N–H and O–H groups in total. The Hall–Kier alpha value is -3.09. The summed E-state index contributed by atoms with van der Waals surface area (Å²) in [4.78, 5) is 8.17. The minimum absolute atomic E-state index is 0.0207. The van der Waals surface area contributed by atoms with E-state index in [-0.39, 0.29) is 23.1 Å². The fraction of sp³-hybridized carbons (Fsp3) is 0.0714. The van der Waals surface area contributed by atoms with E-state index in [1.54, 1.807) is 18.2 Å². The molecule has 0 spiro atoms. The zero-order valence-electron chi connectivity index (χ0n) is 11.0. The van der Waals surface area contributed by atoms with E-state index in [0.29, 0.717) is 17.1 Å². The molecule has 0 aliphatic heterocycles. The van der Waals surface area contributed by atoms with Crippen molar-refractivity contribution >= 4 is 0 Å². The molecular formula is C14H11N3O4. The number of phenols is 1. The molecule has 0 saturated carbocycles. The van der Waals surface area contributed by atoms with Gasteiger partial charge >= 0.3 is 0 Å². The highest BCUT2D eigenvalue weighted by Gasteiger charge is 2.16. The van der Waals surface area contributed by atoms with Gasteiger partial charge in [-0.05, 0) is 30.3 Å². The van der Waals surface area contributed by atoms with E-state index >= 15 is 0 Å². The van der Waals surface area contributed by atoms with Crippen molar-refractivity contribution in [2.24, 2.45) is 0 Å². The second-order valence-corrected chi connectivity index (χ2v) is 4.18. The molecule has 0 saturated heterocycles. The summed E-state index contributed by atoms with van der Waals surface area (Å²) in [5, 5.41) is 23.1. The van der Waals surface area contributed by atoms with Crippen molar-refractivity contribution < 1.29 is 19.5 Å². The minimum Gasteiger partial charge on any atom is -0.505 e. The maximum Gasteiger partial charge on any atom is 0.280 e. The fourth-order valence-corrected chi connectivity index (χ4v) is 1.82. The quantitative estimate of drug-likeness (QED) is 0.760. The average Bonchev–Trinajstić information content (AvgIpc) is 2.98. The minimum atomic E-state index is -0.0454. The predicted octanol–water partition coefficient (Wildman–Crippen LogP) is 2.22. The second-order valence-electron chi connectivity index (χ2n) is 4.18. The van der Waals surface area contributed by atoms with Crippen molar-refractivity contribution in [3.8, 4) is 40.2 Å². The molecule has 7 nitrogen and oxygen atoms in total. The van der Waals surface area contributed by atoms with Gasteiger partial charge in [-0.2, -0.15) is 4.98 Å². The van der Waals surface area contributed by atoms with Gasteiger partial charge < -0.3 is 19.5 Å². The lowest BCUT2D eigenvalue weighted by atomic mass is 10.2. The lowest BCUT2D eigenvalue weighted by Crippen LogP contribution is -1.87. The fourth-order valence-electron chi connectivity index (χ4n) is 1.82. The van der Waals surface area contributed by atoms with Gasteiger partial charge in [-0.3, -0.25) is 0 Å². The van der Waals surface area contributed by atoms with Gasteiger partial charge in [0, 0.05) is 11.8 Å². The van der Waals surface area contributed by atoms with Crippen LogP contribution in [0.25, 0.3) is 23.0 Å². The first-order chi connectivity index (χ1) is 10.2. The van der Waals surface area contributed by atoms with Crippen molar-refractivity contribution in [2.45, 2.75) is 0 Å². The van der Waals surface area contributed by atoms with Crippen LogP contribution in [0.2, 0.25) is 0 Å². The maximum atomic E-state index is 9.72. The summed E-state index contributed by atoms with van der Waals surface area (Å²) in [5.74, 6) is 0.686. The molecule has 2 heterocycles. The van der Waals surface area contributed by atoms with E-state index in [0.717, 1.165) is 0 Å². The number of pyridine rings is 1. The smallest absolute Gasteiger partial charge is 0.280 e. The van der Waals surface area contributed by atoms with Gasteiger partial charge in [-0.1, -0.05) is 5.16 Å². The molecule has 7 heteroatoms. The molecule has 0 bridgehead atoms. The number of methoxy groups -OCH3 is 1. The number of rotatable bonds is 3. The van der Waals surface area contributed by atoms with Gasteiger partial charge in [0.2, 0.25) is 5.82 Å². The monoisotopic (exact) mass is 285 g/mol. The van der Waals surface area contributed by atoms with Crippen LogP contribution < -0.4 is 4.74 Å². The normalized spacial score (nSPS) is 10.5. The molecule has 0 fully saturated rings. The third-order valence-corrected chi connectivity index (χ3v) is 2.85. The Labute approximate surface area is 119 Å². The number of aromatic nitrogens is 3. The van der Waals surface area contributed by atoms with Crippen molar-refractivity contribution in [1.82, 2.24) is 15.1 Å². The number of phenolic OH excluding ortho intramolecular Hbond substituents is 1. The molecule has 0 amide bonds. The van der Waals surface area contributed by atoms with E-state index < -0.39 is 0 Å². The lowest BCUT2D eigenvalue weighted by Gasteiger charge is -2.03. The van der Waals surface area contributed by atoms with E-state index in [4.69, 9.17) is 9.26 Å². The molecule has 0 radical (unpaired) electrons. The number of nitrogens with zero attached hydrogens (tertiary/aromatic N) is 3. The molecule has 0 aliphatic rings. The zero-order valence-corrected chi connectivity index (χ0v) is 11.0. The number of benzene rings is 1. The number of hydrogen-bond donors (Lipinski definition) is 2. The lowest BCUT2D eigenvalue weighted by molar-refractivity contribution is 0.373. The number of hydrogen-bond acceptors (Lipinski definition) is 7. The van der Waals surface area contributed by atoms with Crippen LogP contribution in [0.4, 0.5) is 0 Å². The van der Waals surface area contributed by atoms with Crippen LogP contribution in [0, 0.1) is 0 Å². The Morgan fingerprint density at radius 3 is 2.76 bits per heavy atom. The summed E-state index contributed by atoms with van der Waals surface area (Å²) in [7, 11) is 1.45. The highest BCUT2D eigenvalue weighted by atomic mass is 16.5. The highest BCUT2D eigenvalue weighted by molar-refractivity contribution is 5.63. The van der Waals surface area contributed by atoms with Crippen LogP contribution in [-0.4, -0.2) is 32.4 Å². The number of ether oxygens (including phenoxy) is 1. The summed E-state index contributed by atoms with van der Waals surface area (Å²) < 4.78 is 10.1. The zero-order chi connectivity index (χ0) is 14.8. The molecular weight excluding hydrogens is 274 g/mol. The van der Waals surface area contributed by atoms with Crippen LogP contribution in [0.15, 0.2) is 41.1 Å². The topological polar surface area (TPSA) is 102 Å². The predicted molar refractivity (Wildman–Crippen MR) is 72.8 cm³/mol. The molecule has 3 rings (SSSR count). The van der Waals surface area contributed by atoms with Gasteiger partial charge in [0.05, 0.1) is 7.11 Å². The summed E-state index contributed by atoms with van der Waals surface area (Å²) >= 11 is 0.